The molecule has 1 heterocycles. The highest BCUT2D eigenvalue weighted by Gasteiger charge is 2.73. The maximum absolute atomic E-state index is 14.4. The van der Waals surface area contributed by atoms with Crippen molar-refractivity contribution in [2.24, 2.45) is 10.2 Å². The van der Waals surface area contributed by atoms with Crippen LogP contribution in [0.15, 0.2) is 136 Å². The third-order valence-corrected chi connectivity index (χ3v) is 9.21. The fourth-order valence-corrected chi connectivity index (χ4v) is 5.87. The quantitative estimate of drug-likeness (QED) is 0.0539. The summed E-state index contributed by atoms with van der Waals surface area (Å²) in [6, 6.07) is 31.7. The van der Waals surface area contributed by atoms with Gasteiger partial charge in [-0.05, 0) is 96.6 Å². The summed E-state index contributed by atoms with van der Waals surface area (Å²) >= 11 is 0. The van der Waals surface area contributed by atoms with Crippen molar-refractivity contribution in [2.45, 2.75) is 18.0 Å². The highest BCUT2D eigenvalue weighted by molar-refractivity contribution is 6.05. The molecule has 0 aliphatic carbocycles. The van der Waals surface area contributed by atoms with Gasteiger partial charge in [-0.25, -0.2) is 0 Å². The number of rotatable bonds is 18. The molecule has 0 aromatic heterocycles. The second-order valence-corrected chi connectivity index (χ2v) is 13.2. The normalized spacial score (nSPS) is 13.2. The average Bonchev–Trinajstić information content (AvgIpc) is 3.53. The standard InChI is InChI=1S/C44H34F7N7O5/c1-60-34-12-16-36(17-13-34)62-23-21-57(22-24-63-37-18-14-35(61-2)15-19-37)33-10-8-32(9-11-33)56-55-31-6-3-29(4-7-31)5-20-38-39(27-54)40(30(25-52)26-53)58(41(38)59)28-42(45,46)43(47,48)44(49,50)51/h3-20H,21-24,28H2,1-2H3/b20-5+,56-55?. The number of hydrogen-bond acceptors (Lipinski definition) is 11. The largest absolute Gasteiger partial charge is 0.497 e. The number of hydrogen-bond donors (Lipinski definition) is 0. The molecule has 63 heavy (non-hydrogen) atoms. The highest BCUT2D eigenvalue weighted by atomic mass is 19.4. The third-order valence-electron chi connectivity index (χ3n) is 9.21. The molecular weight excluding hydrogens is 840 g/mol. The van der Waals surface area contributed by atoms with Gasteiger partial charge in [0, 0.05) is 5.69 Å². The van der Waals surface area contributed by atoms with E-state index in [1.807, 2.05) is 36.4 Å². The Bertz CT molecular complexity index is 2430. The summed E-state index contributed by atoms with van der Waals surface area (Å²) in [6.45, 7) is -0.848. The summed E-state index contributed by atoms with van der Waals surface area (Å²) in [6.07, 6.45) is -4.58. The Labute approximate surface area is 356 Å². The van der Waals surface area contributed by atoms with Gasteiger partial charge in [0.05, 0.1) is 62.1 Å². The molecule has 0 bridgehead atoms. The van der Waals surface area contributed by atoms with E-state index in [-0.39, 0.29) is 4.90 Å². The summed E-state index contributed by atoms with van der Waals surface area (Å²) in [7, 11) is 3.16. The smallest absolute Gasteiger partial charge is 0.459 e. The third kappa shape index (κ3) is 11.1. The van der Waals surface area contributed by atoms with Crippen LogP contribution in [0.25, 0.3) is 6.08 Å². The lowest BCUT2D eigenvalue weighted by Gasteiger charge is -2.31. The first-order valence-corrected chi connectivity index (χ1v) is 18.5. The van der Waals surface area contributed by atoms with Crippen molar-refractivity contribution in [3.8, 4) is 41.2 Å². The number of benzene rings is 4. The zero-order valence-corrected chi connectivity index (χ0v) is 33.2. The van der Waals surface area contributed by atoms with Crippen LogP contribution in [0.2, 0.25) is 0 Å². The molecule has 0 radical (unpaired) electrons. The number of ether oxygens (including phenoxy) is 4. The Morgan fingerprint density at radius 3 is 1.57 bits per heavy atom. The van der Waals surface area contributed by atoms with E-state index in [0.29, 0.717) is 66.2 Å². The number of allylic oxidation sites excluding steroid dienone is 2. The minimum Gasteiger partial charge on any atom is -0.497 e. The molecule has 4 aromatic rings. The highest BCUT2D eigenvalue weighted by Crippen LogP contribution is 2.48. The summed E-state index contributed by atoms with van der Waals surface area (Å²) in [5.41, 5.74) is -1.79. The molecule has 12 nitrogen and oxygen atoms in total. The predicted octanol–water partition coefficient (Wildman–Crippen LogP) is 9.89. The average molecular weight is 874 g/mol. The van der Waals surface area contributed by atoms with Gasteiger partial charge in [0.2, 0.25) is 0 Å². The van der Waals surface area contributed by atoms with Crippen molar-refractivity contribution in [1.29, 1.82) is 15.8 Å². The molecule has 0 fully saturated rings. The molecule has 0 spiro atoms. The molecule has 1 aliphatic heterocycles. The zero-order chi connectivity index (χ0) is 45.8. The van der Waals surface area contributed by atoms with Crippen molar-refractivity contribution in [2.75, 3.05) is 52.0 Å². The molecule has 0 N–H and O–H groups in total. The minimum atomic E-state index is -6.71. The van der Waals surface area contributed by atoms with Crippen LogP contribution >= 0.6 is 0 Å². The summed E-state index contributed by atoms with van der Waals surface area (Å²) < 4.78 is 117. The zero-order valence-electron chi connectivity index (χ0n) is 33.2. The Morgan fingerprint density at radius 1 is 0.683 bits per heavy atom. The van der Waals surface area contributed by atoms with Crippen molar-refractivity contribution in [3.05, 3.63) is 131 Å². The lowest BCUT2D eigenvalue weighted by atomic mass is 10.1. The van der Waals surface area contributed by atoms with Gasteiger partial charge in [0.25, 0.3) is 5.91 Å². The molecule has 324 valence electrons. The van der Waals surface area contributed by atoms with Gasteiger partial charge in [0.1, 0.15) is 54.4 Å². The molecule has 0 atom stereocenters. The van der Waals surface area contributed by atoms with Crippen molar-refractivity contribution in [3.63, 3.8) is 0 Å². The van der Waals surface area contributed by atoms with E-state index in [9.17, 15) is 51.3 Å². The molecular formula is C44H34F7N7O5. The molecule has 19 heteroatoms. The first kappa shape index (κ1) is 46.2. The molecule has 1 aliphatic rings. The molecule has 5 rings (SSSR count). The first-order valence-electron chi connectivity index (χ1n) is 18.5. The molecule has 0 saturated carbocycles. The maximum atomic E-state index is 14.4. The molecule has 1 amide bonds. The second kappa shape index (κ2) is 20.1. The SMILES string of the molecule is COc1ccc(OCCN(CCOc2ccc(OC)cc2)c2ccc(N=Nc3ccc(/C=C/C4=C(C#N)C(=C(C#N)C#N)N(CC(F)(F)C(F)(F)C(F)(F)F)C4=O)cc3)cc2)cc1. The van der Waals surface area contributed by atoms with Crippen LogP contribution in [0.1, 0.15) is 5.56 Å². The molecule has 4 aromatic carbocycles. The number of methoxy groups -OCH3 is 2. The lowest BCUT2D eigenvalue weighted by Crippen LogP contribution is -2.57. The summed E-state index contributed by atoms with van der Waals surface area (Å²) in [5.74, 6) is -11.4. The predicted molar refractivity (Wildman–Crippen MR) is 214 cm³/mol. The fraction of sp³-hybridized carbons (Fsp3) is 0.227. The van der Waals surface area contributed by atoms with E-state index in [1.165, 1.54) is 48.5 Å². The second-order valence-electron chi connectivity index (χ2n) is 13.2. The van der Waals surface area contributed by atoms with Crippen LogP contribution in [0.5, 0.6) is 23.0 Å². The van der Waals surface area contributed by atoms with Gasteiger partial charge in [0.15, 0.2) is 5.57 Å². The Kier molecular flexibility index (Phi) is 14.8. The Morgan fingerprint density at radius 2 is 1.14 bits per heavy atom. The number of amides is 1. The van der Waals surface area contributed by atoms with Crippen molar-refractivity contribution >= 4 is 29.0 Å². The number of nitriles is 3. The van der Waals surface area contributed by atoms with Crippen LogP contribution in [0, 0.1) is 34.0 Å². The van der Waals surface area contributed by atoms with E-state index in [2.05, 4.69) is 15.1 Å². The van der Waals surface area contributed by atoms with E-state index in [4.69, 9.17) is 18.9 Å². The number of azo groups is 1. The van der Waals surface area contributed by atoms with Gasteiger partial charge in [-0.2, -0.15) is 56.7 Å². The van der Waals surface area contributed by atoms with Crippen LogP contribution in [0.3, 0.4) is 0 Å². The van der Waals surface area contributed by atoms with Gasteiger partial charge >= 0.3 is 18.0 Å². The number of carbonyl (C=O) groups is 1. The Hall–Kier alpha value is -7.85. The number of carbonyl (C=O) groups excluding carboxylic acids is 1. The number of halogens is 7. The fourth-order valence-electron chi connectivity index (χ4n) is 5.87. The number of anilines is 1. The minimum absolute atomic E-state index is 0.301. The summed E-state index contributed by atoms with van der Waals surface area (Å²) in [5, 5.41) is 36.9. The van der Waals surface area contributed by atoms with Crippen molar-refractivity contribution in [1.82, 2.24) is 4.90 Å². The van der Waals surface area contributed by atoms with Gasteiger partial charge in [-0.1, -0.05) is 18.2 Å². The van der Waals surface area contributed by atoms with Crippen LogP contribution < -0.4 is 23.8 Å². The van der Waals surface area contributed by atoms with Crippen LogP contribution in [-0.2, 0) is 4.79 Å². The number of alkyl halides is 7. The molecule has 0 unspecified atom stereocenters. The molecule has 0 saturated heterocycles. The van der Waals surface area contributed by atoms with E-state index < -0.39 is 52.9 Å². The maximum Gasteiger partial charge on any atom is 0.459 e. The van der Waals surface area contributed by atoms with E-state index >= 15 is 0 Å². The Balaban J connectivity index is 1.27. The summed E-state index contributed by atoms with van der Waals surface area (Å²) in [4.78, 5) is 15.0. The van der Waals surface area contributed by atoms with Crippen LogP contribution in [0.4, 0.5) is 47.8 Å². The lowest BCUT2D eigenvalue weighted by molar-refractivity contribution is -0.355. The topological polar surface area (TPSA) is 157 Å². The number of nitrogens with zero attached hydrogens (tertiary/aromatic N) is 7. The van der Waals surface area contributed by atoms with E-state index in [0.717, 1.165) is 11.8 Å². The van der Waals surface area contributed by atoms with Crippen molar-refractivity contribution < 1.29 is 54.5 Å². The first-order chi connectivity index (χ1) is 30.0. The van der Waals surface area contributed by atoms with Gasteiger partial charge in [-0.3, -0.25) is 9.69 Å². The van der Waals surface area contributed by atoms with Crippen LogP contribution in [-0.4, -0.2) is 75.9 Å². The van der Waals surface area contributed by atoms with E-state index in [1.54, 1.807) is 50.6 Å². The monoisotopic (exact) mass is 873 g/mol. The van der Waals surface area contributed by atoms with Gasteiger partial charge in [-0.15, -0.1) is 0 Å². The van der Waals surface area contributed by atoms with Gasteiger partial charge < -0.3 is 23.8 Å².